The molecule has 0 spiro atoms. The van der Waals surface area contributed by atoms with E-state index in [1.807, 2.05) is 211 Å². The fraction of sp³-hybridized carbons (Fsp3) is 0.147. The van der Waals surface area contributed by atoms with Crippen molar-refractivity contribution in [3.05, 3.63) is 230 Å². The summed E-state index contributed by atoms with van der Waals surface area (Å²) in [5.41, 5.74) is 8.03. The predicted molar refractivity (Wildman–Crippen MR) is 341 cm³/mol. The summed E-state index contributed by atoms with van der Waals surface area (Å²) in [6.45, 7) is 11.0. The molecule has 0 bridgehead atoms. The maximum atomic E-state index is 13.3. The minimum atomic E-state index is -4.46. The van der Waals surface area contributed by atoms with Gasteiger partial charge in [-0.1, -0.05) is 187 Å². The van der Waals surface area contributed by atoms with Crippen LogP contribution >= 0.6 is 0 Å². The van der Waals surface area contributed by atoms with Crippen LogP contribution < -0.4 is 0 Å². The van der Waals surface area contributed by atoms with Gasteiger partial charge in [-0.3, -0.25) is 29.5 Å². The van der Waals surface area contributed by atoms with Crippen LogP contribution in [0.2, 0.25) is 0 Å². The van der Waals surface area contributed by atoms with E-state index in [0.29, 0.717) is 22.1 Å². The molecule has 10 aromatic carbocycles. The third kappa shape index (κ3) is 12.4. The monoisotopic (exact) mass is 1380 g/mol. The first-order valence-corrected chi connectivity index (χ1v) is 28.7. The molecule has 4 heterocycles. The zero-order valence-corrected chi connectivity index (χ0v) is 51.8. The number of nitrogens with zero attached hydrogens (tertiary/aromatic N) is 6. The Morgan fingerprint density at radius 1 is 0.356 bits per heavy atom. The number of halogens is 6. The molecule has 0 amide bonds. The number of hydrogen-bond acceptors (Lipinski definition) is 8. The van der Waals surface area contributed by atoms with Gasteiger partial charge in [-0.05, 0) is 35.4 Å². The Hall–Kier alpha value is -9.69. The summed E-state index contributed by atoms with van der Waals surface area (Å²) in [5, 5.41) is 7.52. The van der Waals surface area contributed by atoms with E-state index in [0.717, 1.165) is 112 Å². The van der Waals surface area contributed by atoms with Crippen LogP contribution in [0.4, 0.5) is 26.3 Å². The van der Waals surface area contributed by atoms with Gasteiger partial charge in [-0.15, -0.1) is 59.7 Å². The summed E-state index contributed by atoms with van der Waals surface area (Å²) in [6.07, 6.45) is -8.86. The molecule has 4 aromatic heterocycles. The van der Waals surface area contributed by atoms with Crippen LogP contribution in [-0.4, -0.2) is 41.5 Å². The van der Waals surface area contributed by atoms with Crippen LogP contribution in [0, 0.1) is 23.0 Å². The Morgan fingerprint density at radius 3 is 0.867 bits per heavy atom. The minimum absolute atomic E-state index is 0. The molecule has 0 saturated carbocycles. The number of pyridine rings is 2. The number of carbonyl (C=O) groups is 2. The molecule has 0 aliphatic rings. The minimum Gasteiger partial charge on any atom is -0.299 e. The summed E-state index contributed by atoms with van der Waals surface area (Å²) in [7, 11) is 0. The Morgan fingerprint density at radius 2 is 0.622 bits per heavy atom. The first-order chi connectivity index (χ1) is 42.5. The number of hydrogen-bond donors (Lipinski definition) is 0. The molecule has 0 atom stereocenters. The van der Waals surface area contributed by atoms with Gasteiger partial charge in [-0.2, -0.15) is 26.3 Å². The molecule has 0 fully saturated rings. The van der Waals surface area contributed by atoms with Gasteiger partial charge in [-0.25, -0.2) is 9.97 Å². The predicted octanol–water partition coefficient (Wildman–Crippen LogP) is 19.8. The van der Waals surface area contributed by atoms with Crippen LogP contribution in [0.3, 0.4) is 0 Å². The number of carbonyl (C=O) groups excluding carboxylic acids is 2. The van der Waals surface area contributed by atoms with Crippen molar-refractivity contribution in [3.8, 4) is 67.8 Å². The van der Waals surface area contributed by atoms with Crippen molar-refractivity contribution in [2.24, 2.45) is 10.8 Å². The maximum Gasteiger partial charge on any atom is 0.399 e. The van der Waals surface area contributed by atoms with Crippen molar-refractivity contribution >= 4 is 76.7 Å². The molecule has 15 heteroatoms. The Bertz CT molecular complexity index is 4430. The van der Waals surface area contributed by atoms with E-state index >= 15 is 0 Å². The molecular weight excluding hydrogens is 1320 g/mol. The summed E-state index contributed by atoms with van der Waals surface area (Å²) in [4.78, 5) is 52.1. The third-order valence-corrected chi connectivity index (χ3v) is 15.5. The van der Waals surface area contributed by atoms with Crippen molar-refractivity contribution < 1.29 is 56.0 Å². The number of ketones is 2. The fourth-order valence-electron chi connectivity index (χ4n) is 10.8. The van der Waals surface area contributed by atoms with Gasteiger partial charge < -0.3 is 0 Å². The largest absolute Gasteiger partial charge is 0.399 e. The number of Topliss-reactive ketones (excluding diaryl/α,β-unsaturated/α-hetero) is 2. The first kappa shape index (κ1) is 61.9. The molecular formula is C75H54F6IrN6O2-2. The Balaban J connectivity index is 0.000000154. The van der Waals surface area contributed by atoms with Crippen molar-refractivity contribution in [1.29, 1.82) is 0 Å². The van der Waals surface area contributed by atoms with Crippen LogP contribution in [0.1, 0.15) is 59.1 Å². The SMILES string of the molecule is CC(C)(C)C(=O)CC(=O)C(C)(C)C.FC(F)(F)c1cc[c-]c(-c2nc3ccc4c(-c5ccccc5)nc(-c5ccccc5)c5ccc(n2)c3c45)c1.FC(F)(F)c1cc[c-]c(-c2nc3ccc4c(-c5ccccc5)nc(-c5ccccc5)c5ccc(n2)c3c45)c1.[Ir]. The van der Waals surface area contributed by atoms with Crippen molar-refractivity contribution in [2.45, 2.75) is 60.3 Å². The van der Waals surface area contributed by atoms with E-state index in [-0.39, 0.29) is 60.9 Å². The molecule has 0 N–H and O–H groups in total. The Kier molecular flexibility index (Phi) is 16.8. The molecule has 14 rings (SSSR count). The molecule has 0 aliphatic carbocycles. The summed E-state index contributed by atoms with van der Waals surface area (Å²) < 4.78 is 80.1. The van der Waals surface area contributed by atoms with Crippen molar-refractivity contribution in [3.63, 3.8) is 0 Å². The van der Waals surface area contributed by atoms with E-state index in [1.54, 1.807) is 0 Å². The number of aromatic nitrogens is 6. The van der Waals surface area contributed by atoms with Gasteiger partial charge in [0.1, 0.15) is 11.6 Å². The van der Waals surface area contributed by atoms with Crippen LogP contribution in [0.5, 0.6) is 0 Å². The molecule has 14 aromatic rings. The molecule has 1 radical (unpaired) electrons. The second-order valence-corrected chi connectivity index (χ2v) is 23.7. The van der Waals surface area contributed by atoms with Gasteiger partial charge in [0.15, 0.2) is 0 Å². The summed E-state index contributed by atoms with van der Waals surface area (Å²) in [5.74, 6) is 0.443. The second-order valence-electron chi connectivity index (χ2n) is 23.7. The zero-order valence-electron chi connectivity index (χ0n) is 49.4. The topological polar surface area (TPSA) is 111 Å². The van der Waals surface area contributed by atoms with E-state index in [2.05, 4.69) is 12.1 Å². The van der Waals surface area contributed by atoms with Crippen LogP contribution in [0.15, 0.2) is 206 Å². The Labute approximate surface area is 528 Å². The average Bonchev–Trinajstić information content (AvgIpc) is 0.732. The molecule has 0 saturated heterocycles. The van der Waals surface area contributed by atoms with Gasteiger partial charge >= 0.3 is 12.4 Å². The quantitative estimate of drug-likeness (QED) is 0.0640. The van der Waals surface area contributed by atoms with Gasteiger partial charge in [0.2, 0.25) is 0 Å². The van der Waals surface area contributed by atoms with Crippen LogP contribution in [0.25, 0.3) is 133 Å². The fourth-order valence-corrected chi connectivity index (χ4v) is 10.8. The van der Waals surface area contributed by atoms with Crippen molar-refractivity contribution in [1.82, 2.24) is 29.9 Å². The van der Waals surface area contributed by atoms with E-state index in [4.69, 9.17) is 29.9 Å². The first-order valence-electron chi connectivity index (χ1n) is 28.7. The average molecular weight is 1380 g/mol. The molecule has 0 unspecified atom stereocenters. The summed E-state index contributed by atoms with van der Waals surface area (Å²) in [6, 6.07) is 67.9. The van der Waals surface area contributed by atoms with E-state index < -0.39 is 34.3 Å². The molecule has 8 nitrogen and oxygen atoms in total. The zero-order chi connectivity index (χ0) is 62.6. The molecule has 449 valence electrons. The maximum absolute atomic E-state index is 13.3. The smallest absolute Gasteiger partial charge is 0.299 e. The summed E-state index contributed by atoms with van der Waals surface area (Å²) >= 11 is 0. The van der Waals surface area contributed by atoms with E-state index in [1.165, 1.54) is 12.1 Å². The molecule has 0 aliphatic heterocycles. The van der Waals surface area contributed by atoms with Gasteiger partial charge in [0.25, 0.3) is 0 Å². The third-order valence-electron chi connectivity index (χ3n) is 15.5. The number of alkyl halides is 6. The second kappa shape index (κ2) is 24.4. The van der Waals surface area contributed by atoms with Gasteiger partial charge in [0, 0.05) is 96.3 Å². The molecule has 90 heavy (non-hydrogen) atoms. The van der Waals surface area contributed by atoms with Crippen molar-refractivity contribution in [2.75, 3.05) is 0 Å². The number of rotatable bonds is 8. The number of benzene rings is 10. The van der Waals surface area contributed by atoms with Gasteiger partial charge in [0.05, 0.1) is 62.9 Å². The van der Waals surface area contributed by atoms with Crippen LogP contribution in [-0.2, 0) is 42.0 Å². The standard InChI is InChI=1S/2C32H17F3N3.C11H20O2.Ir/c2*33-32(34,35)22-13-7-12-21(18-22)31-36-25-16-14-23-27-24(15-17-26(37-31)28(25)27)30(20-10-5-2-6-11-20)38-29(23)19-8-3-1-4-9-19;1-10(2,3)8(12)7-9(13)11(4,5)6;/h2*1-11,13-18H;7H2,1-6H3;/q2*-1;;. The van der Waals surface area contributed by atoms with E-state index in [9.17, 15) is 35.9 Å². The normalized spacial score (nSPS) is 12.0.